The number of nitrogens with zero attached hydrogens (tertiary/aromatic N) is 1. The molecule has 24 heavy (non-hydrogen) atoms. The van der Waals surface area contributed by atoms with Crippen molar-refractivity contribution >= 4 is 11.8 Å². The number of carbonyl (C=O) groups excluding carboxylic acids is 2. The van der Waals surface area contributed by atoms with Crippen molar-refractivity contribution in [3.05, 3.63) is 35.4 Å². The zero-order valence-corrected chi connectivity index (χ0v) is 15.2. The van der Waals surface area contributed by atoms with Gasteiger partial charge in [0.25, 0.3) is 0 Å². The first-order valence-corrected chi connectivity index (χ1v) is 9.17. The molecule has 0 aromatic heterocycles. The zero-order valence-electron chi connectivity index (χ0n) is 15.2. The van der Waals surface area contributed by atoms with Crippen molar-refractivity contribution in [2.75, 3.05) is 0 Å². The van der Waals surface area contributed by atoms with E-state index >= 15 is 0 Å². The van der Waals surface area contributed by atoms with Gasteiger partial charge in [-0.3, -0.25) is 9.59 Å². The van der Waals surface area contributed by atoms with Crippen LogP contribution >= 0.6 is 0 Å². The molecule has 4 heteroatoms. The molecule has 1 aliphatic carbocycles. The second kappa shape index (κ2) is 8.86. The van der Waals surface area contributed by atoms with Crippen LogP contribution in [-0.4, -0.2) is 28.8 Å². The third-order valence-electron chi connectivity index (χ3n) is 5.02. The van der Waals surface area contributed by atoms with Crippen LogP contribution in [0.1, 0.15) is 63.5 Å². The largest absolute Gasteiger partial charge is 0.352 e. The Hall–Kier alpha value is -1.84. The van der Waals surface area contributed by atoms with Crippen LogP contribution in [0.15, 0.2) is 24.3 Å². The first-order chi connectivity index (χ1) is 11.5. The standard InChI is InChI=1S/C20H30N2O2/c1-4-19(23)22(14-17-11-9-8-10-15(17)2)16(3)20(24)21-18-12-6-5-7-13-18/h8-11,16,18H,4-7,12-14H2,1-3H3,(H,21,24)/t16-/m1/s1. The molecule has 1 fully saturated rings. The molecule has 132 valence electrons. The van der Waals surface area contributed by atoms with E-state index in [-0.39, 0.29) is 17.9 Å². The third kappa shape index (κ3) is 4.83. The van der Waals surface area contributed by atoms with Gasteiger partial charge in [-0.15, -0.1) is 0 Å². The lowest BCUT2D eigenvalue weighted by molar-refractivity contribution is -0.140. The van der Waals surface area contributed by atoms with Gasteiger partial charge in [0.15, 0.2) is 0 Å². The number of benzene rings is 1. The van der Waals surface area contributed by atoms with Gasteiger partial charge < -0.3 is 10.2 Å². The molecule has 1 aromatic carbocycles. The molecule has 0 heterocycles. The fourth-order valence-corrected chi connectivity index (χ4v) is 3.33. The summed E-state index contributed by atoms with van der Waals surface area (Å²) in [5.41, 5.74) is 2.24. The maximum absolute atomic E-state index is 12.6. The number of carbonyl (C=O) groups is 2. The second-order valence-electron chi connectivity index (χ2n) is 6.82. The fraction of sp³-hybridized carbons (Fsp3) is 0.600. The Morgan fingerprint density at radius 3 is 2.50 bits per heavy atom. The molecule has 0 bridgehead atoms. The maximum atomic E-state index is 12.6. The van der Waals surface area contributed by atoms with Gasteiger partial charge in [-0.2, -0.15) is 0 Å². The molecule has 0 radical (unpaired) electrons. The summed E-state index contributed by atoms with van der Waals surface area (Å²) in [4.78, 5) is 26.8. The van der Waals surface area contributed by atoms with Crippen LogP contribution in [0.5, 0.6) is 0 Å². The topological polar surface area (TPSA) is 49.4 Å². The van der Waals surface area contributed by atoms with Gasteiger partial charge in [0.1, 0.15) is 6.04 Å². The van der Waals surface area contributed by atoms with Crippen LogP contribution in [0.4, 0.5) is 0 Å². The molecule has 2 amide bonds. The summed E-state index contributed by atoms with van der Waals surface area (Å²) >= 11 is 0. The van der Waals surface area contributed by atoms with E-state index < -0.39 is 6.04 Å². The average Bonchev–Trinajstić information content (AvgIpc) is 2.60. The number of nitrogens with one attached hydrogen (secondary N) is 1. The van der Waals surface area contributed by atoms with E-state index in [9.17, 15) is 9.59 Å². The lowest BCUT2D eigenvalue weighted by atomic mass is 9.95. The van der Waals surface area contributed by atoms with Crippen molar-refractivity contribution in [3.8, 4) is 0 Å². The molecule has 1 saturated carbocycles. The Morgan fingerprint density at radius 1 is 1.21 bits per heavy atom. The molecule has 1 aromatic rings. The van der Waals surface area contributed by atoms with Crippen molar-refractivity contribution in [2.24, 2.45) is 0 Å². The first-order valence-electron chi connectivity index (χ1n) is 9.17. The minimum atomic E-state index is -0.445. The van der Waals surface area contributed by atoms with Crippen molar-refractivity contribution in [2.45, 2.75) is 77.9 Å². The molecule has 1 atom stereocenters. The van der Waals surface area contributed by atoms with Gasteiger partial charge in [0.2, 0.25) is 11.8 Å². The van der Waals surface area contributed by atoms with Gasteiger partial charge >= 0.3 is 0 Å². The lowest BCUT2D eigenvalue weighted by Gasteiger charge is -2.31. The van der Waals surface area contributed by atoms with E-state index in [4.69, 9.17) is 0 Å². The summed E-state index contributed by atoms with van der Waals surface area (Å²) in [5.74, 6) is -0.0122. The van der Waals surface area contributed by atoms with Gasteiger partial charge in [-0.25, -0.2) is 0 Å². The number of amides is 2. The summed E-state index contributed by atoms with van der Waals surface area (Å²) in [6.07, 6.45) is 6.14. The van der Waals surface area contributed by atoms with Gasteiger partial charge in [-0.1, -0.05) is 50.5 Å². The molecule has 4 nitrogen and oxygen atoms in total. The fourth-order valence-electron chi connectivity index (χ4n) is 3.33. The Bertz CT molecular complexity index is 565. The molecule has 0 spiro atoms. The first kappa shape index (κ1) is 18.5. The molecule has 1 aliphatic rings. The monoisotopic (exact) mass is 330 g/mol. The van der Waals surface area contributed by atoms with E-state index in [0.717, 1.165) is 24.0 Å². The molecule has 0 aliphatic heterocycles. The van der Waals surface area contributed by atoms with Crippen LogP contribution < -0.4 is 5.32 Å². The highest BCUT2D eigenvalue weighted by molar-refractivity contribution is 5.87. The van der Waals surface area contributed by atoms with Crippen LogP contribution in [0.3, 0.4) is 0 Å². The molecule has 1 N–H and O–H groups in total. The zero-order chi connectivity index (χ0) is 17.5. The minimum absolute atomic E-state index is 0.0181. The molecule has 0 saturated heterocycles. The molecule has 2 rings (SSSR count). The maximum Gasteiger partial charge on any atom is 0.242 e. The van der Waals surface area contributed by atoms with Crippen molar-refractivity contribution < 1.29 is 9.59 Å². The van der Waals surface area contributed by atoms with Crippen LogP contribution in [-0.2, 0) is 16.1 Å². The van der Waals surface area contributed by atoms with Crippen LogP contribution in [0, 0.1) is 6.92 Å². The van der Waals surface area contributed by atoms with E-state index in [1.165, 1.54) is 19.3 Å². The van der Waals surface area contributed by atoms with Crippen LogP contribution in [0.2, 0.25) is 0 Å². The molecular formula is C20H30N2O2. The predicted molar refractivity (Wildman–Crippen MR) is 96.5 cm³/mol. The van der Waals surface area contributed by atoms with E-state index in [0.29, 0.717) is 13.0 Å². The molecular weight excluding hydrogens is 300 g/mol. The summed E-state index contributed by atoms with van der Waals surface area (Å²) in [7, 11) is 0. The van der Waals surface area contributed by atoms with Crippen LogP contribution in [0.25, 0.3) is 0 Å². The number of aryl methyl sites for hydroxylation is 1. The van der Waals surface area contributed by atoms with E-state index in [2.05, 4.69) is 5.32 Å². The van der Waals surface area contributed by atoms with Gasteiger partial charge in [0, 0.05) is 19.0 Å². The number of hydrogen-bond donors (Lipinski definition) is 1. The van der Waals surface area contributed by atoms with E-state index in [1.54, 1.807) is 4.90 Å². The quantitative estimate of drug-likeness (QED) is 0.867. The number of hydrogen-bond acceptors (Lipinski definition) is 2. The third-order valence-corrected chi connectivity index (χ3v) is 5.02. The normalized spacial score (nSPS) is 16.5. The Morgan fingerprint density at radius 2 is 1.88 bits per heavy atom. The highest BCUT2D eigenvalue weighted by Crippen LogP contribution is 2.19. The smallest absolute Gasteiger partial charge is 0.242 e. The van der Waals surface area contributed by atoms with E-state index in [1.807, 2.05) is 45.0 Å². The lowest BCUT2D eigenvalue weighted by Crippen LogP contribution is -2.50. The van der Waals surface area contributed by atoms with Gasteiger partial charge in [0.05, 0.1) is 0 Å². The van der Waals surface area contributed by atoms with Crippen molar-refractivity contribution in [1.82, 2.24) is 10.2 Å². The number of rotatable bonds is 6. The summed E-state index contributed by atoms with van der Waals surface area (Å²) < 4.78 is 0. The Balaban J connectivity index is 2.06. The highest BCUT2D eigenvalue weighted by Gasteiger charge is 2.27. The van der Waals surface area contributed by atoms with Gasteiger partial charge in [-0.05, 0) is 37.8 Å². The van der Waals surface area contributed by atoms with Crippen molar-refractivity contribution in [3.63, 3.8) is 0 Å². The minimum Gasteiger partial charge on any atom is -0.352 e. The van der Waals surface area contributed by atoms with Crippen molar-refractivity contribution in [1.29, 1.82) is 0 Å². The predicted octanol–water partition coefficient (Wildman–Crippen LogP) is 3.57. The average molecular weight is 330 g/mol. The Kier molecular flexibility index (Phi) is 6.83. The Labute approximate surface area is 145 Å². The summed E-state index contributed by atoms with van der Waals surface area (Å²) in [5, 5.41) is 3.15. The second-order valence-corrected chi connectivity index (χ2v) is 6.82. The summed E-state index contributed by atoms with van der Waals surface area (Å²) in [6, 6.07) is 7.85. The summed E-state index contributed by atoms with van der Waals surface area (Å²) in [6.45, 7) is 6.21. The highest BCUT2D eigenvalue weighted by atomic mass is 16.2. The SMILES string of the molecule is CCC(=O)N(Cc1ccccc1C)[C@H](C)C(=O)NC1CCCCC1. The molecule has 0 unspecified atom stereocenters.